The molecule has 1 fully saturated rings. The van der Waals surface area contributed by atoms with Crippen LogP contribution in [0.1, 0.15) is 24.8 Å². The van der Waals surface area contributed by atoms with Crippen LogP contribution >= 0.6 is 11.6 Å². The number of rotatable bonds is 5. The third-order valence-electron chi connectivity index (χ3n) is 3.57. The lowest BCUT2D eigenvalue weighted by Crippen LogP contribution is -2.53. The molecular weight excluding hydrogens is 276 g/mol. The van der Waals surface area contributed by atoms with Crippen LogP contribution < -0.4 is 10.6 Å². The number of hydrogen-bond acceptors (Lipinski definition) is 3. The first-order valence-electron chi connectivity index (χ1n) is 7.08. The fraction of sp³-hybridized carbons (Fsp3) is 0.533. The predicted molar refractivity (Wildman–Crippen MR) is 79.8 cm³/mol. The highest BCUT2D eigenvalue weighted by molar-refractivity contribution is 6.30. The molecule has 2 unspecified atom stereocenters. The van der Waals surface area contributed by atoms with Gasteiger partial charge in [-0.05, 0) is 43.5 Å². The molecular formula is C15H21ClN2O2. The van der Waals surface area contributed by atoms with E-state index < -0.39 is 6.10 Å². The van der Waals surface area contributed by atoms with Crippen molar-refractivity contribution in [3.63, 3.8) is 0 Å². The Balaban J connectivity index is 1.68. The van der Waals surface area contributed by atoms with Crippen LogP contribution in [0.2, 0.25) is 5.02 Å². The zero-order valence-corrected chi connectivity index (χ0v) is 12.2. The van der Waals surface area contributed by atoms with E-state index >= 15 is 0 Å². The summed E-state index contributed by atoms with van der Waals surface area (Å²) < 4.78 is 0. The highest BCUT2D eigenvalue weighted by atomic mass is 35.5. The van der Waals surface area contributed by atoms with Gasteiger partial charge in [-0.25, -0.2) is 0 Å². The molecule has 0 aliphatic carbocycles. The highest BCUT2D eigenvalue weighted by Gasteiger charge is 2.23. The number of nitrogens with one attached hydrogen (secondary N) is 2. The summed E-state index contributed by atoms with van der Waals surface area (Å²) in [5.74, 6) is 0.00622. The van der Waals surface area contributed by atoms with E-state index in [-0.39, 0.29) is 11.9 Å². The summed E-state index contributed by atoms with van der Waals surface area (Å²) in [6.07, 6.45) is 2.39. The van der Waals surface area contributed by atoms with Crippen LogP contribution in [-0.4, -0.2) is 36.2 Å². The summed E-state index contributed by atoms with van der Waals surface area (Å²) in [5, 5.41) is 16.6. The molecule has 20 heavy (non-hydrogen) atoms. The molecule has 1 amide bonds. The molecule has 110 valence electrons. The molecule has 1 saturated heterocycles. The Morgan fingerprint density at radius 3 is 2.85 bits per heavy atom. The Morgan fingerprint density at radius 1 is 1.40 bits per heavy atom. The fourth-order valence-corrected chi connectivity index (χ4v) is 2.50. The Kier molecular flexibility index (Phi) is 5.83. The maximum absolute atomic E-state index is 11.8. The van der Waals surface area contributed by atoms with Crippen LogP contribution in [0.4, 0.5) is 0 Å². The predicted octanol–water partition coefficient (Wildman–Crippen LogP) is 1.50. The van der Waals surface area contributed by atoms with Crippen molar-refractivity contribution in [1.29, 1.82) is 0 Å². The molecule has 4 nitrogen and oxygen atoms in total. The van der Waals surface area contributed by atoms with Crippen molar-refractivity contribution in [2.45, 2.75) is 37.8 Å². The number of halogens is 1. The normalized spacial score (nSPS) is 22.5. The maximum atomic E-state index is 11.8. The van der Waals surface area contributed by atoms with E-state index in [4.69, 9.17) is 11.6 Å². The Morgan fingerprint density at radius 2 is 2.15 bits per heavy atom. The summed E-state index contributed by atoms with van der Waals surface area (Å²) in [6.45, 7) is 1.45. The quantitative estimate of drug-likeness (QED) is 0.772. The molecule has 1 aromatic carbocycles. The first-order valence-corrected chi connectivity index (χ1v) is 7.45. The van der Waals surface area contributed by atoms with Gasteiger partial charge in [-0.2, -0.15) is 0 Å². The lowest BCUT2D eigenvalue weighted by atomic mass is 10.0. The number of aliphatic hydroxyl groups excluding tert-OH is 1. The number of piperidine rings is 1. The molecule has 3 N–H and O–H groups in total. The third-order valence-corrected chi connectivity index (χ3v) is 3.83. The second kappa shape index (κ2) is 7.62. The van der Waals surface area contributed by atoms with Gasteiger partial charge in [-0.15, -0.1) is 0 Å². The van der Waals surface area contributed by atoms with E-state index in [1.54, 1.807) is 0 Å². The lowest BCUT2D eigenvalue weighted by molar-refractivity contribution is -0.122. The largest absolute Gasteiger partial charge is 0.391 e. The van der Waals surface area contributed by atoms with Crippen molar-refractivity contribution in [1.82, 2.24) is 10.6 Å². The van der Waals surface area contributed by atoms with Crippen LogP contribution in [0.5, 0.6) is 0 Å². The molecule has 0 bridgehead atoms. The summed E-state index contributed by atoms with van der Waals surface area (Å²) in [6, 6.07) is 7.53. The highest BCUT2D eigenvalue weighted by Crippen LogP contribution is 2.12. The molecule has 0 aromatic heterocycles. The molecule has 2 atom stereocenters. The van der Waals surface area contributed by atoms with Gasteiger partial charge < -0.3 is 15.7 Å². The van der Waals surface area contributed by atoms with E-state index in [1.807, 2.05) is 24.3 Å². The van der Waals surface area contributed by atoms with Gasteiger partial charge in [0.1, 0.15) is 0 Å². The van der Waals surface area contributed by atoms with Gasteiger partial charge in [0.25, 0.3) is 0 Å². The van der Waals surface area contributed by atoms with Crippen molar-refractivity contribution >= 4 is 17.5 Å². The summed E-state index contributed by atoms with van der Waals surface area (Å²) in [4.78, 5) is 11.8. The minimum atomic E-state index is -0.434. The van der Waals surface area contributed by atoms with E-state index in [9.17, 15) is 9.90 Å². The SMILES string of the molecule is O=C(CCCc1ccc(Cl)cc1)NC1CNCCC1O. The lowest BCUT2D eigenvalue weighted by Gasteiger charge is -2.29. The van der Waals surface area contributed by atoms with Crippen molar-refractivity contribution in [2.75, 3.05) is 13.1 Å². The average Bonchev–Trinajstić information content (AvgIpc) is 2.44. The summed E-state index contributed by atoms with van der Waals surface area (Å²) >= 11 is 5.82. The number of benzene rings is 1. The number of hydrogen-bond donors (Lipinski definition) is 3. The van der Waals surface area contributed by atoms with E-state index in [2.05, 4.69) is 10.6 Å². The molecule has 1 aliphatic rings. The number of aliphatic hydroxyl groups is 1. The van der Waals surface area contributed by atoms with Crippen LogP contribution in [0, 0.1) is 0 Å². The van der Waals surface area contributed by atoms with Crippen LogP contribution in [-0.2, 0) is 11.2 Å². The molecule has 1 aromatic rings. The number of aryl methyl sites for hydroxylation is 1. The van der Waals surface area contributed by atoms with Gasteiger partial charge in [-0.3, -0.25) is 4.79 Å². The standard InChI is InChI=1S/C15H21ClN2O2/c16-12-6-4-11(5-7-12)2-1-3-15(20)18-13-10-17-9-8-14(13)19/h4-7,13-14,17,19H,1-3,8-10H2,(H,18,20). The minimum Gasteiger partial charge on any atom is -0.391 e. The molecule has 0 saturated carbocycles. The topological polar surface area (TPSA) is 61.4 Å². The monoisotopic (exact) mass is 296 g/mol. The van der Waals surface area contributed by atoms with Gasteiger partial charge in [0.05, 0.1) is 12.1 Å². The van der Waals surface area contributed by atoms with Crippen LogP contribution in [0.25, 0.3) is 0 Å². The Labute approximate surface area is 124 Å². The first kappa shape index (κ1) is 15.3. The van der Waals surface area contributed by atoms with E-state index in [0.717, 1.165) is 24.4 Å². The van der Waals surface area contributed by atoms with Crippen molar-refractivity contribution in [2.24, 2.45) is 0 Å². The van der Waals surface area contributed by atoms with Crippen LogP contribution in [0.15, 0.2) is 24.3 Å². The average molecular weight is 297 g/mol. The van der Waals surface area contributed by atoms with Gasteiger partial charge in [0.2, 0.25) is 5.91 Å². The maximum Gasteiger partial charge on any atom is 0.220 e. The van der Waals surface area contributed by atoms with Crippen molar-refractivity contribution < 1.29 is 9.90 Å². The zero-order chi connectivity index (χ0) is 14.4. The number of carbonyl (C=O) groups excluding carboxylic acids is 1. The van der Waals surface area contributed by atoms with E-state index in [1.165, 1.54) is 5.56 Å². The first-order chi connectivity index (χ1) is 9.65. The fourth-order valence-electron chi connectivity index (χ4n) is 2.38. The third kappa shape index (κ3) is 4.78. The second-order valence-corrected chi connectivity index (χ2v) is 5.65. The van der Waals surface area contributed by atoms with Gasteiger partial charge in [0, 0.05) is 18.0 Å². The van der Waals surface area contributed by atoms with Crippen molar-refractivity contribution in [3.05, 3.63) is 34.9 Å². The zero-order valence-electron chi connectivity index (χ0n) is 11.4. The smallest absolute Gasteiger partial charge is 0.220 e. The molecule has 1 heterocycles. The van der Waals surface area contributed by atoms with Crippen LogP contribution in [0.3, 0.4) is 0 Å². The van der Waals surface area contributed by atoms with Crippen molar-refractivity contribution in [3.8, 4) is 0 Å². The molecule has 2 rings (SSSR count). The second-order valence-electron chi connectivity index (χ2n) is 5.21. The number of amides is 1. The summed E-state index contributed by atoms with van der Waals surface area (Å²) in [5.41, 5.74) is 1.18. The molecule has 5 heteroatoms. The summed E-state index contributed by atoms with van der Waals surface area (Å²) in [7, 11) is 0. The Hall–Kier alpha value is -1.10. The van der Waals surface area contributed by atoms with Gasteiger partial charge >= 0.3 is 0 Å². The molecule has 1 aliphatic heterocycles. The van der Waals surface area contributed by atoms with E-state index in [0.29, 0.717) is 19.4 Å². The number of carbonyl (C=O) groups is 1. The molecule has 0 radical (unpaired) electrons. The Bertz CT molecular complexity index is 436. The van der Waals surface area contributed by atoms with Gasteiger partial charge in [-0.1, -0.05) is 23.7 Å². The molecule has 0 spiro atoms. The van der Waals surface area contributed by atoms with Gasteiger partial charge in [0.15, 0.2) is 0 Å². The minimum absolute atomic E-state index is 0.00622.